The number of aromatic nitrogens is 1. The Morgan fingerprint density at radius 2 is 1.69 bits per heavy atom. The van der Waals surface area contributed by atoms with Gasteiger partial charge in [-0.15, -0.1) is 11.3 Å². The average molecular weight is 485 g/mol. The zero-order chi connectivity index (χ0) is 22.7. The molecule has 0 saturated carbocycles. The smallest absolute Gasteiger partial charge is 0.244 e. The van der Waals surface area contributed by atoms with Gasteiger partial charge in [-0.05, 0) is 30.7 Å². The molecule has 1 N–H and O–H groups in total. The highest BCUT2D eigenvalue weighted by Crippen LogP contribution is 2.30. The first-order valence-electron chi connectivity index (χ1n) is 9.81. The Labute approximate surface area is 196 Å². The SMILES string of the molecule is COc1ccc(Cl)cc1S(=O)(=O)NCc1ccc(-c2nc(-c3ccc(C)cc3)cs2)cc1. The van der Waals surface area contributed by atoms with E-state index in [9.17, 15) is 8.42 Å². The van der Waals surface area contributed by atoms with Crippen LogP contribution in [-0.4, -0.2) is 20.5 Å². The zero-order valence-electron chi connectivity index (χ0n) is 17.5. The van der Waals surface area contributed by atoms with Crippen molar-refractivity contribution < 1.29 is 13.2 Å². The van der Waals surface area contributed by atoms with Gasteiger partial charge in [0.15, 0.2) is 0 Å². The third-order valence-electron chi connectivity index (χ3n) is 4.93. The highest BCUT2D eigenvalue weighted by molar-refractivity contribution is 7.89. The van der Waals surface area contributed by atoms with Gasteiger partial charge in [-0.2, -0.15) is 0 Å². The molecule has 1 heterocycles. The van der Waals surface area contributed by atoms with E-state index in [0.717, 1.165) is 27.4 Å². The van der Waals surface area contributed by atoms with Crippen LogP contribution in [0.25, 0.3) is 21.8 Å². The normalized spacial score (nSPS) is 11.5. The van der Waals surface area contributed by atoms with E-state index >= 15 is 0 Å². The third kappa shape index (κ3) is 5.02. The first-order valence-corrected chi connectivity index (χ1v) is 12.5. The maximum Gasteiger partial charge on any atom is 0.244 e. The summed E-state index contributed by atoms with van der Waals surface area (Å²) in [7, 11) is -2.37. The number of hydrogen-bond acceptors (Lipinski definition) is 5. The summed E-state index contributed by atoms with van der Waals surface area (Å²) in [6, 6.07) is 20.4. The Bertz CT molecular complexity index is 1330. The van der Waals surface area contributed by atoms with Gasteiger partial charge in [0.2, 0.25) is 10.0 Å². The second-order valence-electron chi connectivity index (χ2n) is 7.22. The molecule has 0 aliphatic heterocycles. The Balaban J connectivity index is 1.47. The van der Waals surface area contributed by atoms with Gasteiger partial charge < -0.3 is 4.74 Å². The lowest BCUT2D eigenvalue weighted by Crippen LogP contribution is -2.23. The highest BCUT2D eigenvalue weighted by Gasteiger charge is 2.20. The van der Waals surface area contributed by atoms with Crippen molar-refractivity contribution in [2.45, 2.75) is 18.4 Å². The number of nitrogens with zero attached hydrogens (tertiary/aromatic N) is 1. The van der Waals surface area contributed by atoms with Crippen LogP contribution >= 0.6 is 22.9 Å². The van der Waals surface area contributed by atoms with Gasteiger partial charge in [0, 0.05) is 28.1 Å². The van der Waals surface area contributed by atoms with Gasteiger partial charge in [-0.1, -0.05) is 65.7 Å². The van der Waals surface area contributed by atoms with E-state index in [1.165, 1.54) is 24.8 Å². The number of benzene rings is 3. The van der Waals surface area contributed by atoms with Gasteiger partial charge in [0.25, 0.3) is 0 Å². The van der Waals surface area contributed by atoms with Crippen LogP contribution in [0.3, 0.4) is 0 Å². The van der Waals surface area contributed by atoms with Crippen molar-refractivity contribution in [1.82, 2.24) is 9.71 Å². The topological polar surface area (TPSA) is 68.3 Å². The molecular weight excluding hydrogens is 464 g/mol. The average Bonchev–Trinajstić information content (AvgIpc) is 3.29. The third-order valence-corrected chi connectivity index (χ3v) is 7.48. The van der Waals surface area contributed by atoms with E-state index < -0.39 is 10.0 Å². The summed E-state index contributed by atoms with van der Waals surface area (Å²) in [6.07, 6.45) is 0. The quantitative estimate of drug-likeness (QED) is 0.353. The van der Waals surface area contributed by atoms with E-state index in [1.807, 2.05) is 29.6 Å². The predicted octanol–water partition coefficient (Wildman–Crippen LogP) is 5.93. The Morgan fingerprint density at radius 1 is 1.00 bits per heavy atom. The van der Waals surface area contributed by atoms with E-state index in [4.69, 9.17) is 21.3 Å². The Hall–Kier alpha value is -2.71. The molecule has 0 aliphatic rings. The number of nitrogens with one attached hydrogen (secondary N) is 1. The number of hydrogen-bond donors (Lipinski definition) is 1. The summed E-state index contributed by atoms with van der Waals surface area (Å²) in [5.74, 6) is 0.241. The molecule has 3 aromatic carbocycles. The fourth-order valence-electron chi connectivity index (χ4n) is 3.15. The van der Waals surface area contributed by atoms with Gasteiger partial charge in [-0.25, -0.2) is 18.1 Å². The molecule has 0 spiro atoms. The van der Waals surface area contributed by atoms with Crippen molar-refractivity contribution in [2.24, 2.45) is 0 Å². The van der Waals surface area contributed by atoms with Crippen LogP contribution in [0.15, 0.2) is 77.0 Å². The molecule has 0 unspecified atom stereocenters. The van der Waals surface area contributed by atoms with Crippen LogP contribution < -0.4 is 9.46 Å². The Kier molecular flexibility index (Phi) is 6.62. The van der Waals surface area contributed by atoms with Crippen molar-refractivity contribution in [2.75, 3.05) is 7.11 Å². The number of methoxy groups -OCH3 is 1. The molecule has 0 atom stereocenters. The fourth-order valence-corrected chi connectivity index (χ4v) is 5.43. The zero-order valence-corrected chi connectivity index (χ0v) is 19.9. The number of halogens is 1. The minimum Gasteiger partial charge on any atom is -0.495 e. The number of thiazole rings is 1. The van der Waals surface area contributed by atoms with Crippen molar-refractivity contribution >= 4 is 33.0 Å². The molecule has 0 fully saturated rings. The summed E-state index contributed by atoms with van der Waals surface area (Å²) in [5, 5.41) is 3.28. The number of rotatable bonds is 7. The van der Waals surface area contributed by atoms with Crippen LogP contribution in [0.1, 0.15) is 11.1 Å². The van der Waals surface area contributed by atoms with Crippen LogP contribution in [0, 0.1) is 6.92 Å². The monoisotopic (exact) mass is 484 g/mol. The highest BCUT2D eigenvalue weighted by atomic mass is 35.5. The van der Waals surface area contributed by atoms with Crippen LogP contribution in [0.4, 0.5) is 0 Å². The number of aryl methyl sites for hydroxylation is 1. The van der Waals surface area contributed by atoms with Crippen LogP contribution in [-0.2, 0) is 16.6 Å². The van der Waals surface area contributed by atoms with Gasteiger partial charge in [0.1, 0.15) is 15.7 Å². The minimum absolute atomic E-state index is 0.00976. The molecule has 5 nitrogen and oxygen atoms in total. The van der Waals surface area contributed by atoms with Crippen LogP contribution in [0.5, 0.6) is 5.75 Å². The molecule has 1 aromatic heterocycles. The molecule has 4 rings (SSSR count). The van der Waals surface area contributed by atoms with Gasteiger partial charge in [-0.3, -0.25) is 0 Å². The standard InChI is InChI=1S/C24H21ClN2O3S2/c1-16-3-7-18(8-4-16)21-15-31-24(27-21)19-9-5-17(6-10-19)14-26-32(28,29)23-13-20(25)11-12-22(23)30-2/h3-13,15,26H,14H2,1-2H3. The van der Waals surface area contributed by atoms with E-state index in [2.05, 4.69) is 35.9 Å². The fraction of sp³-hybridized carbons (Fsp3) is 0.125. The largest absolute Gasteiger partial charge is 0.495 e. The predicted molar refractivity (Wildman–Crippen MR) is 130 cm³/mol. The molecule has 0 amide bonds. The molecule has 32 heavy (non-hydrogen) atoms. The maximum absolute atomic E-state index is 12.7. The molecule has 0 bridgehead atoms. The van der Waals surface area contributed by atoms with Crippen molar-refractivity contribution in [3.05, 3.63) is 88.3 Å². The van der Waals surface area contributed by atoms with Crippen molar-refractivity contribution in [1.29, 1.82) is 0 Å². The molecule has 164 valence electrons. The number of sulfonamides is 1. The summed E-state index contributed by atoms with van der Waals surface area (Å²) < 4.78 is 33.2. The van der Waals surface area contributed by atoms with E-state index in [1.54, 1.807) is 17.4 Å². The summed E-state index contributed by atoms with van der Waals surface area (Å²) >= 11 is 7.55. The van der Waals surface area contributed by atoms with E-state index in [0.29, 0.717) is 5.02 Å². The lowest BCUT2D eigenvalue weighted by Gasteiger charge is -2.11. The van der Waals surface area contributed by atoms with Crippen molar-refractivity contribution in [3.8, 4) is 27.6 Å². The summed E-state index contributed by atoms with van der Waals surface area (Å²) in [4.78, 5) is 4.75. The summed E-state index contributed by atoms with van der Waals surface area (Å²) in [6.45, 7) is 2.20. The number of ether oxygens (including phenoxy) is 1. The molecule has 0 radical (unpaired) electrons. The van der Waals surface area contributed by atoms with Gasteiger partial charge >= 0.3 is 0 Å². The van der Waals surface area contributed by atoms with Gasteiger partial charge in [0.05, 0.1) is 12.8 Å². The second-order valence-corrected chi connectivity index (χ2v) is 10.3. The first kappa shape index (κ1) is 22.5. The maximum atomic E-state index is 12.7. The van der Waals surface area contributed by atoms with E-state index in [-0.39, 0.29) is 17.2 Å². The molecule has 8 heteroatoms. The minimum atomic E-state index is -3.79. The second kappa shape index (κ2) is 9.42. The Morgan fingerprint density at radius 3 is 2.38 bits per heavy atom. The molecule has 0 aliphatic carbocycles. The summed E-state index contributed by atoms with van der Waals surface area (Å²) in [5.41, 5.74) is 5.05. The molecular formula is C24H21ClN2O3S2. The van der Waals surface area contributed by atoms with Crippen LogP contribution in [0.2, 0.25) is 5.02 Å². The molecule has 0 saturated heterocycles. The first-order chi connectivity index (χ1) is 15.4. The van der Waals surface area contributed by atoms with Crippen molar-refractivity contribution in [3.63, 3.8) is 0 Å². The lowest BCUT2D eigenvalue weighted by molar-refractivity contribution is 0.402. The lowest BCUT2D eigenvalue weighted by atomic mass is 10.1. The molecule has 4 aromatic rings.